The van der Waals surface area contributed by atoms with E-state index in [1.165, 1.54) is 16.5 Å². The molecule has 0 spiro atoms. The lowest BCUT2D eigenvalue weighted by Crippen LogP contribution is -2.46. The Kier molecular flexibility index (Phi) is 6.29. The number of likely N-dealkylation sites (tertiary alicyclic amines) is 1. The third-order valence-corrected chi connectivity index (χ3v) is 7.49. The van der Waals surface area contributed by atoms with Gasteiger partial charge in [0.05, 0.1) is 36.3 Å². The van der Waals surface area contributed by atoms with Crippen molar-refractivity contribution < 1.29 is 9.84 Å². The molecule has 0 saturated carbocycles. The third kappa shape index (κ3) is 4.41. The van der Waals surface area contributed by atoms with Crippen molar-refractivity contribution in [3.05, 3.63) is 57.2 Å². The Balaban J connectivity index is 1.46. The summed E-state index contributed by atoms with van der Waals surface area (Å²) in [6.07, 6.45) is 3.00. The van der Waals surface area contributed by atoms with E-state index in [0.717, 1.165) is 30.9 Å². The van der Waals surface area contributed by atoms with E-state index in [1.54, 1.807) is 10.6 Å². The number of aromatic nitrogens is 3. The number of ether oxygens (including phenoxy) is 1. The third-order valence-electron chi connectivity index (χ3n) is 7.21. The van der Waals surface area contributed by atoms with Gasteiger partial charge >= 0.3 is 0 Å². The van der Waals surface area contributed by atoms with Gasteiger partial charge in [-0.1, -0.05) is 17.7 Å². The summed E-state index contributed by atoms with van der Waals surface area (Å²) in [4.78, 5) is 20.0. The number of aliphatic hydroxyl groups is 1. The van der Waals surface area contributed by atoms with Crippen molar-refractivity contribution in [1.82, 2.24) is 24.3 Å². The van der Waals surface area contributed by atoms with Crippen LogP contribution in [0.5, 0.6) is 0 Å². The normalized spacial score (nSPS) is 23.4. The minimum absolute atomic E-state index is 0.151. The highest BCUT2D eigenvalue weighted by atomic mass is 35.5. The molecule has 182 valence electrons. The van der Waals surface area contributed by atoms with Crippen LogP contribution in [0.3, 0.4) is 0 Å². The van der Waals surface area contributed by atoms with Gasteiger partial charge in [0, 0.05) is 25.3 Å². The summed E-state index contributed by atoms with van der Waals surface area (Å²) in [7, 11) is 2.04. The Hall–Kier alpha value is -2.23. The van der Waals surface area contributed by atoms with E-state index in [1.807, 2.05) is 13.1 Å². The first-order valence-electron chi connectivity index (χ1n) is 11.9. The molecule has 2 aliphatic rings. The predicted octanol–water partition coefficient (Wildman–Crippen LogP) is 2.66. The Morgan fingerprint density at radius 1 is 1.29 bits per heavy atom. The van der Waals surface area contributed by atoms with Crippen LogP contribution in [0.25, 0.3) is 16.7 Å². The topological polar surface area (TPSA) is 84.5 Å². The second-order valence-corrected chi connectivity index (χ2v) is 10.3. The molecule has 2 fully saturated rings. The quantitative estimate of drug-likeness (QED) is 0.591. The van der Waals surface area contributed by atoms with Crippen LogP contribution in [0, 0.1) is 6.92 Å². The number of hydrogen-bond donors (Lipinski definition) is 2. The smallest absolute Gasteiger partial charge is 0.262 e. The molecule has 8 nitrogen and oxygen atoms in total. The monoisotopic (exact) mass is 485 g/mol. The van der Waals surface area contributed by atoms with Gasteiger partial charge in [-0.2, -0.15) is 0 Å². The number of aryl methyl sites for hydroxylation is 1. The zero-order chi connectivity index (χ0) is 24.0. The number of hydrogen-bond acceptors (Lipinski definition) is 6. The van der Waals surface area contributed by atoms with Crippen LogP contribution in [0.4, 0.5) is 0 Å². The van der Waals surface area contributed by atoms with Crippen LogP contribution >= 0.6 is 11.6 Å². The van der Waals surface area contributed by atoms with E-state index in [2.05, 4.69) is 41.2 Å². The first-order chi connectivity index (χ1) is 16.2. The zero-order valence-electron chi connectivity index (χ0n) is 19.9. The van der Waals surface area contributed by atoms with E-state index in [-0.39, 0.29) is 24.2 Å². The number of rotatable bonds is 4. The van der Waals surface area contributed by atoms with E-state index >= 15 is 0 Å². The summed E-state index contributed by atoms with van der Waals surface area (Å²) in [5.41, 5.74) is 2.57. The molecular formula is C25H32ClN5O3. The maximum Gasteiger partial charge on any atom is 0.262 e. The van der Waals surface area contributed by atoms with Gasteiger partial charge in [0.1, 0.15) is 11.5 Å². The molecule has 2 saturated heterocycles. The summed E-state index contributed by atoms with van der Waals surface area (Å²) in [6.45, 7) is 7.43. The van der Waals surface area contributed by atoms with Crippen LogP contribution in [-0.2, 0) is 11.3 Å². The van der Waals surface area contributed by atoms with Crippen molar-refractivity contribution >= 4 is 22.6 Å². The molecule has 9 heteroatoms. The number of nitrogens with one attached hydrogen (secondary N) is 1. The van der Waals surface area contributed by atoms with Gasteiger partial charge in [0.2, 0.25) is 0 Å². The van der Waals surface area contributed by atoms with Crippen molar-refractivity contribution in [3.8, 4) is 5.69 Å². The fraction of sp³-hybridized carbons (Fsp3) is 0.520. The Morgan fingerprint density at radius 3 is 2.74 bits per heavy atom. The Bertz CT molecular complexity index is 1250. The molecule has 2 aliphatic heterocycles. The van der Waals surface area contributed by atoms with Gasteiger partial charge < -0.3 is 20.1 Å². The largest absolute Gasteiger partial charge is 0.388 e. The molecule has 5 rings (SSSR count). The number of benzene rings is 1. The molecule has 0 amide bonds. The number of fused-ring (bicyclic) bond motifs is 1. The second kappa shape index (κ2) is 9.09. The lowest BCUT2D eigenvalue weighted by Gasteiger charge is -2.36. The van der Waals surface area contributed by atoms with Crippen molar-refractivity contribution in [1.29, 1.82) is 0 Å². The Labute approximate surface area is 204 Å². The minimum atomic E-state index is -0.903. The zero-order valence-corrected chi connectivity index (χ0v) is 20.7. The van der Waals surface area contributed by atoms with Gasteiger partial charge in [-0.05, 0) is 63.1 Å². The fourth-order valence-corrected chi connectivity index (χ4v) is 5.32. The molecular weight excluding hydrogens is 454 g/mol. The van der Waals surface area contributed by atoms with E-state index in [4.69, 9.17) is 16.3 Å². The number of halogens is 1. The summed E-state index contributed by atoms with van der Waals surface area (Å²) >= 11 is 6.61. The van der Waals surface area contributed by atoms with Crippen LogP contribution in [0.2, 0.25) is 5.15 Å². The fourth-order valence-electron chi connectivity index (χ4n) is 5.03. The van der Waals surface area contributed by atoms with Crippen molar-refractivity contribution in [2.24, 2.45) is 0 Å². The first-order valence-corrected chi connectivity index (χ1v) is 12.3. The van der Waals surface area contributed by atoms with Crippen LogP contribution in [0.15, 0.2) is 35.4 Å². The van der Waals surface area contributed by atoms with Gasteiger partial charge in [-0.25, -0.2) is 4.98 Å². The van der Waals surface area contributed by atoms with Crippen LogP contribution in [0.1, 0.15) is 36.9 Å². The van der Waals surface area contributed by atoms with Crippen LogP contribution in [-0.4, -0.2) is 69.1 Å². The van der Waals surface area contributed by atoms with E-state index in [0.29, 0.717) is 35.6 Å². The van der Waals surface area contributed by atoms with E-state index in [9.17, 15) is 9.90 Å². The summed E-state index contributed by atoms with van der Waals surface area (Å²) < 4.78 is 9.13. The summed E-state index contributed by atoms with van der Waals surface area (Å²) in [5, 5.41) is 15.4. The highest BCUT2D eigenvalue weighted by Gasteiger charge is 2.32. The van der Waals surface area contributed by atoms with Crippen molar-refractivity contribution in [3.63, 3.8) is 0 Å². The lowest BCUT2D eigenvalue weighted by molar-refractivity contribution is -0.0298. The van der Waals surface area contributed by atoms with Gasteiger partial charge in [-0.15, -0.1) is 0 Å². The number of morpholine rings is 1. The predicted molar refractivity (Wildman–Crippen MR) is 133 cm³/mol. The number of piperidine rings is 1. The van der Waals surface area contributed by atoms with Crippen molar-refractivity contribution in [2.75, 3.05) is 33.3 Å². The average molecular weight is 486 g/mol. The molecule has 0 aliphatic carbocycles. The molecule has 0 radical (unpaired) electrons. The van der Waals surface area contributed by atoms with E-state index < -0.39 is 5.60 Å². The molecule has 34 heavy (non-hydrogen) atoms. The van der Waals surface area contributed by atoms with Gasteiger partial charge in [-0.3, -0.25) is 13.9 Å². The molecule has 1 unspecified atom stereocenters. The maximum atomic E-state index is 13.3. The summed E-state index contributed by atoms with van der Waals surface area (Å²) in [5.74, 6) is 0. The summed E-state index contributed by atoms with van der Waals surface area (Å²) in [6, 6.07) is 7.97. The molecule has 4 heterocycles. The van der Waals surface area contributed by atoms with Gasteiger partial charge in [0.15, 0.2) is 5.65 Å². The number of nitrogens with zero attached hydrogens (tertiary/aromatic N) is 4. The minimum Gasteiger partial charge on any atom is -0.388 e. The molecule has 2 aromatic heterocycles. The SMILES string of the molecule is Cc1cc(-n2c(Cl)cc3c(=O)n(CC4(O)CCN(C)CC4)cnc32)ccc1C1CO[C@H](C)CN1. The molecule has 0 bridgehead atoms. The molecule has 2 N–H and O–H groups in total. The molecule has 3 aromatic rings. The Morgan fingerprint density at radius 2 is 2.06 bits per heavy atom. The maximum absolute atomic E-state index is 13.3. The lowest BCUT2D eigenvalue weighted by atomic mass is 9.91. The second-order valence-electron chi connectivity index (χ2n) is 9.89. The van der Waals surface area contributed by atoms with Gasteiger partial charge in [0.25, 0.3) is 5.56 Å². The first kappa shape index (κ1) is 23.5. The highest BCUT2D eigenvalue weighted by Crippen LogP contribution is 2.29. The molecule has 2 atom stereocenters. The highest BCUT2D eigenvalue weighted by molar-refractivity contribution is 6.31. The van der Waals surface area contributed by atoms with Crippen molar-refractivity contribution in [2.45, 2.75) is 51.0 Å². The average Bonchev–Trinajstić information content (AvgIpc) is 3.15. The van der Waals surface area contributed by atoms with Crippen LogP contribution < -0.4 is 10.9 Å². The standard InChI is InChI=1S/C25H32ClN5O3/c1-16-10-18(4-5-19(16)21-13-34-17(2)12-27-21)31-22(26)11-20-23(31)28-15-30(24(20)32)14-25(33)6-8-29(3)9-7-25/h4-5,10-11,15,17,21,27,33H,6-9,12-14H2,1-3H3/t17-,21?/m1/s1. The molecule has 1 aromatic carbocycles.